The Morgan fingerprint density at radius 2 is 0.136 bits per heavy atom. The molecule has 0 unspecified atom stereocenters. The van der Waals surface area contributed by atoms with E-state index in [2.05, 4.69) is 0 Å². The maximum atomic E-state index is 0. The summed E-state index contributed by atoms with van der Waals surface area (Å²) in [7, 11) is 0. The van der Waals surface area contributed by atoms with Crippen LogP contribution in [0.5, 0.6) is 0 Å². The fraction of sp³-hybridized carbons (Fsp3) is 0. The molecule has 0 aromatic carbocycles. The Hall–Kier alpha value is 12.2. The summed E-state index contributed by atoms with van der Waals surface area (Å²) in [5, 5.41) is 0. The maximum Gasteiger partial charge on any atom is 2.00 e. The summed E-state index contributed by atoms with van der Waals surface area (Å²) < 4.78 is 0. The molecule has 152 valence electrons. The van der Waals surface area contributed by atoms with Crippen molar-refractivity contribution in [2.75, 3.05) is 0 Å². The third kappa shape index (κ3) is 211. The molecule has 0 atom stereocenters. The van der Waals surface area contributed by atoms with Crippen molar-refractivity contribution in [3.8, 4) is 0 Å². The van der Waals surface area contributed by atoms with E-state index >= 15 is 0 Å². The minimum Gasteiger partial charge on any atom is -1.00 e. The van der Waals surface area contributed by atoms with Crippen molar-refractivity contribution >= 4 is 425 Å². The van der Waals surface area contributed by atoms with Gasteiger partial charge in [-0.1, -0.05) is 0 Å². The van der Waals surface area contributed by atoms with Gasteiger partial charge in [-0.05, 0) is 0 Å². The summed E-state index contributed by atoms with van der Waals surface area (Å²) >= 11 is 0. The Bertz CT molecular complexity index is 50.4. The molecule has 0 amide bonds. The van der Waals surface area contributed by atoms with Crippen LogP contribution in [0.4, 0.5) is 0 Å². The molecule has 0 aliphatic heterocycles. The van der Waals surface area contributed by atoms with Gasteiger partial charge >= 0.3 is 226 Å². The fourth-order valence-electron chi connectivity index (χ4n) is 0. The van der Waals surface area contributed by atoms with Gasteiger partial charge in [0, 0.05) is 0 Å². The van der Waals surface area contributed by atoms with Crippen LogP contribution >= 0.6 is 199 Å². The fourth-order valence-corrected chi connectivity index (χ4v) is 0. The first-order chi connectivity index (χ1) is 0. The molecule has 0 fully saturated rings. The van der Waals surface area contributed by atoms with Crippen LogP contribution in [-0.4, -0.2) is 226 Å². The molecule has 0 nitrogen and oxygen atoms in total. The predicted molar refractivity (Wildman–Crippen MR) is 164 cm³/mol. The first kappa shape index (κ1) is 253. The summed E-state index contributed by atoms with van der Waals surface area (Å²) in [4.78, 5) is 0. The summed E-state index contributed by atoms with van der Waals surface area (Å²) in [6.07, 6.45) is 0. The maximum absolute atomic E-state index is 0. The Morgan fingerprint density at radius 1 is 0.136 bits per heavy atom. The molecule has 0 radical (unpaired) electrons. The van der Waals surface area contributed by atoms with E-state index in [-0.39, 0.29) is 442 Å². The molecular weight excluding hydrogens is 808 g/mol. The van der Waals surface area contributed by atoms with Crippen LogP contribution in [0, 0.1) is 0 Å². The van der Waals surface area contributed by atoms with Gasteiger partial charge in [0.25, 0.3) is 0 Å². The second-order valence-corrected chi connectivity index (χ2v) is 0. The van der Waals surface area contributed by atoms with Crippen LogP contribution in [0.2, 0.25) is 0 Å². The van der Waals surface area contributed by atoms with Gasteiger partial charge < -0.3 is 17.1 Å². The van der Waals surface area contributed by atoms with Crippen LogP contribution in [0.1, 0.15) is 17.1 Å². The molecular formula is H28Ca6Cl16. The van der Waals surface area contributed by atoms with Gasteiger partial charge in [-0.15, -0.1) is 199 Å². The largest absolute Gasteiger partial charge is 2.00 e. The third-order valence-electron chi connectivity index (χ3n) is 0. The van der Waals surface area contributed by atoms with Crippen molar-refractivity contribution in [2.45, 2.75) is 0 Å². The molecule has 0 aliphatic carbocycles. The summed E-state index contributed by atoms with van der Waals surface area (Å²) in [5.74, 6) is 0. The van der Waals surface area contributed by atoms with E-state index in [1.165, 1.54) is 0 Å². The van der Waals surface area contributed by atoms with Crippen molar-refractivity contribution in [1.82, 2.24) is 0 Å². The average Bonchev–Trinajstić information content (AvgIpc) is 0. The van der Waals surface area contributed by atoms with Crippen molar-refractivity contribution in [1.29, 1.82) is 0 Å². The minimum absolute atomic E-state index is 0. The average molecular weight is 836 g/mol. The van der Waals surface area contributed by atoms with Crippen LogP contribution in [0.15, 0.2) is 0 Å². The summed E-state index contributed by atoms with van der Waals surface area (Å²) in [5.41, 5.74) is 0. The molecule has 0 aliphatic rings. The SMILES string of the molecule is Cl.Cl.Cl.Cl.Cl.Cl.Cl.Cl.Cl.Cl.Cl.Cl.Cl.Cl.Cl.Cl.[Ca+2].[Ca+2].[Ca+2].[Ca+2].[Ca+2].[Ca+2].[H-].[H-].[H-].[H-].[H-].[H-].[H-].[H-].[H-].[H-].[H-].[H-]. The van der Waals surface area contributed by atoms with Gasteiger partial charge in [0.2, 0.25) is 0 Å². The molecule has 0 saturated heterocycles. The van der Waals surface area contributed by atoms with Crippen molar-refractivity contribution in [3.05, 3.63) is 0 Å². The minimum atomic E-state index is 0. The number of rotatable bonds is 0. The van der Waals surface area contributed by atoms with E-state index in [1.807, 2.05) is 0 Å². The molecule has 0 N–H and O–H groups in total. The predicted octanol–water partition coefficient (Wildman–Crippen LogP) is 5.81. The molecule has 0 rings (SSSR count). The molecule has 0 aromatic heterocycles. The zero-order valence-corrected chi connectivity index (χ0v) is 37.1. The van der Waals surface area contributed by atoms with E-state index < -0.39 is 0 Å². The van der Waals surface area contributed by atoms with Gasteiger partial charge in [0.05, 0.1) is 0 Å². The first-order valence-corrected chi connectivity index (χ1v) is 0. The van der Waals surface area contributed by atoms with Gasteiger partial charge in [-0.25, -0.2) is 0 Å². The van der Waals surface area contributed by atoms with Crippen LogP contribution < -0.4 is 0 Å². The zero-order valence-electron chi connectivity index (χ0n) is 22.8. The summed E-state index contributed by atoms with van der Waals surface area (Å²) in [6, 6.07) is 0. The summed E-state index contributed by atoms with van der Waals surface area (Å²) in [6.45, 7) is 0. The van der Waals surface area contributed by atoms with E-state index in [1.54, 1.807) is 0 Å². The quantitative estimate of drug-likeness (QED) is 0.271. The monoisotopic (exact) mass is 827 g/mol. The topological polar surface area (TPSA) is 0 Å². The van der Waals surface area contributed by atoms with E-state index in [0.29, 0.717) is 0 Å². The number of hydrogen-bond donors (Lipinski definition) is 0. The molecule has 0 bridgehead atoms. The zero-order chi connectivity index (χ0) is 0. The Morgan fingerprint density at radius 3 is 0.136 bits per heavy atom. The van der Waals surface area contributed by atoms with Gasteiger partial charge in [0.1, 0.15) is 0 Å². The normalized spacial score (nSPS) is 0. The Kier molecular flexibility index (Phi) is 2660. The standard InChI is InChI=1S/6Ca.16ClH.12H/h;;;;;;16*1H;;;;;;;;;;;;/q6*+2;;;;;;;;;;;;;;;;;12*-1. The van der Waals surface area contributed by atoms with Crippen molar-refractivity contribution in [2.24, 2.45) is 0 Å². The molecule has 0 saturated carbocycles. The molecule has 0 spiro atoms. The Labute approximate surface area is 430 Å². The van der Waals surface area contributed by atoms with E-state index in [9.17, 15) is 0 Å². The third-order valence-corrected chi connectivity index (χ3v) is 0. The second kappa shape index (κ2) is 231. The van der Waals surface area contributed by atoms with Crippen LogP contribution in [0.3, 0.4) is 0 Å². The van der Waals surface area contributed by atoms with Crippen molar-refractivity contribution in [3.63, 3.8) is 0 Å². The van der Waals surface area contributed by atoms with Crippen LogP contribution in [0.25, 0.3) is 0 Å². The van der Waals surface area contributed by atoms with Gasteiger partial charge in [-0.3, -0.25) is 0 Å². The molecule has 0 aromatic rings. The van der Waals surface area contributed by atoms with Gasteiger partial charge in [0.15, 0.2) is 0 Å². The second-order valence-electron chi connectivity index (χ2n) is 0. The van der Waals surface area contributed by atoms with E-state index in [0.717, 1.165) is 0 Å². The molecule has 22 heteroatoms. The number of hydrogen-bond acceptors (Lipinski definition) is 0. The van der Waals surface area contributed by atoms with Crippen molar-refractivity contribution < 1.29 is 17.1 Å². The first-order valence-electron chi connectivity index (χ1n) is 0. The molecule has 0 heterocycles. The smallest absolute Gasteiger partial charge is 1.00 e. The van der Waals surface area contributed by atoms with Crippen LogP contribution in [-0.2, 0) is 0 Å². The Balaban J connectivity index is 0. The number of halogens is 16. The molecule has 22 heavy (non-hydrogen) atoms. The van der Waals surface area contributed by atoms with Gasteiger partial charge in [-0.2, -0.15) is 0 Å². The van der Waals surface area contributed by atoms with E-state index in [4.69, 9.17) is 0 Å².